The normalized spacial score (nSPS) is 17.7. The fourth-order valence-corrected chi connectivity index (χ4v) is 3.97. The Hall–Kier alpha value is -3.01. The van der Waals surface area contributed by atoms with E-state index < -0.39 is 23.7 Å². The molecule has 0 saturated carbocycles. The molecule has 0 atom stereocenters. The zero-order valence-corrected chi connectivity index (χ0v) is 17.3. The first kappa shape index (κ1) is 21.7. The van der Waals surface area contributed by atoms with Gasteiger partial charge in [0.2, 0.25) is 5.91 Å². The van der Waals surface area contributed by atoms with Crippen molar-refractivity contribution in [1.29, 1.82) is 0 Å². The zero-order valence-electron chi connectivity index (χ0n) is 16.5. The molecule has 1 aromatic carbocycles. The molecule has 10 heteroatoms. The predicted octanol–water partition coefficient (Wildman–Crippen LogP) is 2.21. The van der Waals surface area contributed by atoms with Crippen molar-refractivity contribution in [3.05, 3.63) is 28.7 Å². The van der Waals surface area contributed by atoms with Crippen LogP contribution >= 0.6 is 11.8 Å². The Balaban J connectivity index is 1.74. The molecule has 2 saturated heterocycles. The molecule has 0 unspecified atom stereocenters. The van der Waals surface area contributed by atoms with Crippen LogP contribution < -0.4 is 9.47 Å². The minimum atomic E-state index is -1.11. The number of ether oxygens (including phenoxy) is 2. The lowest BCUT2D eigenvalue weighted by Gasteiger charge is -2.18. The van der Waals surface area contributed by atoms with Gasteiger partial charge in [0.05, 0.1) is 11.5 Å². The highest BCUT2D eigenvalue weighted by atomic mass is 32.2. The molecule has 9 nitrogen and oxygen atoms in total. The van der Waals surface area contributed by atoms with Gasteiger partial charge in [-0.15, -0.1) is 0 Å². The highest BCUT2D eigenvalue weighted by Crippen LogP contribution is 2.34. The molecule has 2 aliphatic heterocycles. The maximum Gasteiger partial charge on any atom is 0.341 e. The fourth-order valence-electron chi connectivity index (χ4n) is 3.13. The Kier molecular flexibility index (Phi) is 6.99. The molecule has 1 N–H and O–H groups in total. The van der Waals surface area contributed by atoms with Crippen molar-refractivity contribution < 1.29 is 33.8 Å². The first-order valence-electron chi connectivity index (χ1n) is 9.53. The van der Waals surface area contributed by atoms with Crippen LogP contribution in [0.5, 0.6) is 11.5 Å². The molecule has 2 aliphatic rings. The molecule has 1 aromatic rings. The maximum atomic E-state index is 12.6. The summed E-state index contributed by atoms with van der Waals surface area (Å²) in [7, 11) is 0. The van der Waals surface area contributed by atoms with Gasteiger partial charge in [-0.2, -0.15) is 0 Å². The van der Waals surface area contributed by atoms with Gasteiger partial charge in [0, 0.05) is 13.1 Å². The number of rotatable bonds is 8. The molecule has 160 valence electrons. The average Bonchev–Trinajstić information content (AvgIpc) is 3.32. The quantitative estimate of drug-likeness (QED) is 0.620. The van der Waals surface area contributed by atoms with Gasteiger partial charge in [-0.1, -0.05) is 6.07 Å². The van der Waals surface area contributed by atoms with Crippen LogP contribution in [0, 0.1) is 0 Å². The number of thioether (sulfide) groups is 1. The van der Waals surface area contributed by atoms with E-state index in [-0.39, 0.29) is 23.1 Å². The molecular weight excluding hydrogens is 412 g/mol. The number of carbonyl (C=O) groups excluding carboxylic acids is 3. The minimum Gasteiger partial charge on any atom is -0.490 e. The van der Waals surface area contributed by atoms with Gasteiger partial charge in [-0.05, 0) is 55.3 Å². The molecule has 0 spiro atoms. The summed E-state index contributed by atoms with van der Waals surface area (Å²) in [6.07, 6.45) is 3.40. The maximum absolute atomic E-state index is 12.6. The molecule has 3 amide bonds. The second-order valence-corrected chi connectivity index (χ2v) is 7.67. The van der Waals surface area contributed by atoms with Gasteiger partial charge < -0.3 is 19.5 Å². The smallest absolute Gasteiger partial charge is 0.341 e. The Morgan fingerprint density at radius 2 is 1.90 bits per heavy atom. The van der Waals surface area contributed by atoms with Crippen molar-refractivity contribution in [2.24, 2.45) is 0 Å². The van der Waals surface area contributed by atoms with Crippen molar-refractivity contribution in [2.75, 3.05) is 32.8 Å². The number of likely N-dealkylation sites (tertiary alicyclic amines) is 1. The van der Waals surface area contributed by atoms with E-state index in [0.717, 1.165) is 29.5 Å². The highest BCUT2D eigenvalue weighted by molar-refractivity contribution is 8.18. The number of carboxylic acids is 1. The van der Waals surface area contributed by atoms with Crippen LogP contribution in [0.2, 0.25) is 0 Å². The van der Waals surface area contributed by atoms with E-state index in [0.29, 0.717) is 31.0 Å². The number of imide groups is 1. The largest absolute Gasteiger partial charge is 0.490 e. The van der Waals surface area contributed by atoms with Gasteiger partial charge in [-0.3, -0.25) is 19.3 Å². The van der Waals surface area contributed by atoms with E-state index in [1.807, 2.05) is 0 Å². The zero-order chi connectivity index (χ0) is 21.7. The summed E-state index contributed by atoms with van der Waals surface area (Å²) in [5, 5.41) is 8.29. The van der Waals surface area contributed by atoms with Crippen molar-refractivity contribution in [3.8, 4) is 11.5 Å². The number of hydrogen-bond acceptors (Lipinski definition) is 7. The third-order valence-electron chi connectivity index (χ3n) is 4.54. The molecule has 30 heavy (non-hydrogen) atoms. The van der Waals surface area contributed by atoms with E-state index >= 15 is 0 Å². The summed E-state index contributed by atoms with van der Waals surface area (Å²) < 4.78 is 10.7. The lowest BCUT2D eigenvalue weighted by Crippen LogP contribution is -2.40. The average molecular weight is 434 g/mol. The van der Waals surface area contributed by atoms with Crippen molar-refractivity contribution in [3.63, 3.8) is 0 Å². The van der Waals surface area contributed by atoms with Crippen molar-refractivity contribution >= 4 is 40.9 Å². The van der Waals surface area contributed by atoms with Gasteiger partial charge in [-0.25, -0.2) is 4.79 Å². The molecule has 0 radical (unpaired) electrons. The lowest BCUT2D eigenvalue weighted by atomic mass is 10.2. The van der Waals surface area contributed by atoms with Gasteiger partial charge in [0.15, 0.2) is 18.1 Å². The Bertz CT molecular complexity index is 893. The summed E-state index contributed by atoms with van der Waals surface area (Å²) in [6, 6.07) is 4.77. The first-order valence-corrected chi connectivity index (χ1v) is 10.3. The second kappa shape index (κ2) is 9.66. The van der Waals surface area contributed by atoms with Crippen LogP contribution in [-0.4, -0.2) is 70.8 Å². The number of amides is 3. The van der Waals surface area contributed by atoms with Crippen LogP contribution in [0.4, 0.5) is 4.79 Å². The highest BCUT2D eigenvalue weighted by Gasteiger charge is 2.37. The Morgan fingerprint density at radius 1 is 1.17 bits per heavy atom. The van der Waals surface area contributed by atoms with Crippen molar-refractivity contribution in [1.82, 2.24) is 9.80 Å². The van der Waals surface area contributed by atoms with Crippen LogP contribution in [0.25, 0.3) is 6.08 Å². The summed E-state index contributed by atoms with van der Waals surface area (Å²) in [6.45, 7) is 2.65. The van der Waals surface area contributed by atoms with Crippen LogP contribution in [0.3, 0.4) is 0 Å². The third kappa shape index (κ3) is 5.12. The summed E-state index contributed by atoms with van der Waals surface area (Å²) in [5.74, 6) is -1.26. The topological polar surface area (TPSA) is 113 Å². The third-order valence-corrected chi connectivity index (χ3v) is 5.45. The van der Waals surface area contributed by atoms with Crippen molar-refractivity contribution in [2.45, 2.75) is 19.8 Å². The summed E-state index contributed by atoms with van der Waals surface area (Å²) >= 11 is 0.777. The summed E-state index contributed by atoms with van der Waals surface area (Å²) in [4.78, 5) is 50.8. The Labute approximate surface area is 177 Å². The monoisotopic (exact) mass is 434 g/mol. The SMILES string of the molecule is CCOc1cc(/C=C2/SC(=O)N(CC(=O)N3CCCC3)C2=O)ccc1OCC(=O)O. The van der Waals surface area contributed by atoms with Gasteiger partial charge in [0.1, 0.15) is 6.54 Å². The van der Waals surface area contributed by atoms with Crippen LogP contribution in [-0.2, 0) is 14.4 Å². The molecule has 3 rings (SSSR count). The summed E-state index contributed by atoms with van der Waals surface area (Å²) in [5.41, 5.74) is 0.581. The van der Waals surface area contributed by atoms with Gasteiger partial charge in [0.25, 0.3) is 11.1 Å². The minimum absolute atomic E-state index is 0.205. The first-order chi connectivity index (χ1) is 14.4. The van der Waals surface area contributed by atoms with E-state index in [9.17, 15) is 19.2 Å². The van der Waals surface area contributed by atoms with Crippen LogP contribution in [0.1, 0.15) is 25.3 Å². The van der Waals surface area contributed by atoms with E-state index in [1.165, 1.54) is 6.08 Å². The molecule has 0 bridgehead atoms. The molecular formula is C20H22N2O7S. The van der Waals surface area contributed by atoms with Crippen LogP contribution in [0.15, 0.2) is 23.1 Å². The molecule has 2 fully saturated rings. The standard InChI is InChI=1S/C20H22N2O7S/c1-2-28-15-9-13(5-6-14(15)29-12-18(24)25)10-16-19(26)22(20(27)30-16)11-17(23)21-7-3-4-8-21/h5-6,9-10H,2-4,7-8,11-12H2,1H3,(H,24,25)/b16-10+. The van der Waals surface area contributed by atoms with Gasteiger partial charge >= 0.3 is 5.97 Å². The molecule has 0 aliphatic carbocycles. The molecule has 0 aromatic heterocycles. The van der Waals surface area contributed by atoms with E-state index in [4.69, 9.17) is 14.6 Å². The number of nitrogens with zero attached hydrogens (tertiary/aromatic N) is 2. The number of carboxylic acid groups (broad SMARTS) is 1. The van der Waals surface area contributed by atoms with E-state index in [2.05, 4.69) is 0 Å². The number of aliphatic carboxylic acids is 1. The second-order valence-electron chi connectivity index (χ2n) is 6.68. The number of carbonyl (C=O) groups is 4. The number of benzene rings is 1. The Morgan fingerprint density at radius 3 is 2.57 bits per heavy atom. The number of hydrogen-bond donors (Lipinski definition) is 1. The molecule has 2 heterocycles. The van der Waals surface area contributed by atoms with E-state index in [1.54, 1.807) is 30.0 Å². The lowest BCUT2D eigenvalue weighted by molar-refractivity contribution is -0.139. The predicted molar refractivity (Wildman–Crippen MR) is 109 cm³/mol. The fraction of sp³-hybridized carbons (Fsp3) is 0.400.